The Morgan fingerprint density at radius 2 is 1.92 bits per heavy atom. The van der Waals surface area contributed by atoms with Gasteiger partial charge in [-0.05, 0) is 43.5 Å². The molecule has 1 aliphatic heterocycles. The van der Waals surface area contributed by atoms with Crippen molar-refractivity contribution in [3.63, 3.8) is 0 Å². The Hall–Kier alpha value is -2.76. The van der Waals surface area contributed by atoms with Crippen LogP contribution in [0.4, 0.5) is 4.39 Å². The molecule has 0 unspecified atom stereocenters. The molecule has 5 nitrogen and oxygen atoms in total. The highest BCUT2D eigenvalue weighted by molar-refractivity contribution is 5.99. The molecule has 0 spiro atoms. The highest BCUT2D eigenvalue weighted by Crippen LogP contribution is 2.26. The van der Waals surface area contributed by atoms with Crippen LogP contribution in [-0.4, -0.2) is 44.6 Å². The zero-order valence-corrected chi connectivity index (χ0v) is 14.0. The van der Waals surface area contributed by atoms with Crippen LogP contribution < -0.4 is 0 Å². The fourth-order valence-electron chi connectivity index (χ4n) is 3.39. The Balaban J connectivity index is 1.69. The number of likely N-dealkylation sites (tertiary alicyclic amines) is 1. The number of hydrogen-bond donors (Lipinski definition) is 0. The topological polar surface area (TPSA) is 51.0 Å². The average Bonchev–Trinajstić information content (AvgIpc) is 2.99. The van der Waals surface area contributed by atoms with Crippen LogP contribution in [0.25, 0.3) is 16.6 Å². The van der Waals surface area contributed by atoms with E-state index in [1.165, 1.54) is 6.33 Å². The van der Waals surface area contributed by atoms with Crippen LogP contribution in [0.3, 0.4) is 0 Å². The Labute approximate surface area is 145 Å². The predicted octanol–water partition coefficient (Wildman–Crippen LogP) is 3.30. The van der Waals surface area contributed by atoms with Gasteiger partial charge < -0.3 is 9.47 Å². The maximum Gasteiger partial charge on any atom is 0.253 e. The molecule has 0 saturated carbocycles. The normalized spacial score (nSPS) is 15.7. The molecule has 1 saturated heterocycles. The number of carbonyl (C=O) groups is 1. The predicted molar refractivity (Wildman–Crippen MR) is 93.6 cm³/mol. The van der Waals surface area contributed by atoms with E-state index in [1.807, 2.05) is 35.9 Å². The summed E-state index contributed by atoms with van der Waals surface area (Å²) in [6, 6.07) is 5.71. The molecule has 3 aromatic rings. The highest BCUT2D eigenvalue weighted by atomic mass is 19.1. The zero-order valence-electron chi connectivity index (χ0n) is 14.0. The highest BCUT2D eigenvalue weighted by Gasteiger charge is 2.23. The Bertz CT molecular complexity index is 914. The molecular weight excluding hydrogens is 319 g/mol. The molecule has 0 bridgehead atoms. The largest absolute Gasteiger partial charge is 0.338 e. The summed E-state index contributed by atoms with van der Waals surface area (Å²) in [6.07, 6.45) is 7.11. The van der Waals surface area contributed by atoms with Crippen LogP contribution in [-0.2, 0) is 0 Å². The van der Waals surface area contributed by atoms with Gasteiger partial charge in [0.25, 0.3) is 5.91 Å². The SMILES string of the molecule is Cc1cn(-c2cncnc2)c2ccc(C(=O)N3CCC(F)CC3)cc12. The minimum absolute atomic E-state index is 0.0241. The number of alkyl halides is 1. The van der Waals surface area contributed by atoms with E-state index in [0.29, 0.717) is 31.5 Å². The van der Waals surface area contributed by atoms with Gasteiger partial charge in [-0.2, -0.15) is 0 Å². The Morgan fingerprint density at radius 1 is 1.20 bits per heavy atom. The lowest BCUT2D eigenvalue weighted by molar-refractivity contribution is 0.0667. The summed E-state index contributed by atoms with van der Waals surface area (Å²) in [5.74, 6) is -0.0241. The molecule has 1 amide bonds. The van der Waals surface area contributed by atoms with Gasteiger partial charge in [-0.3, -0.25) is 4.79 Å². The average molecular weight is 338 g/mol. The number of benzene rings is 1. The van der Waals surface area contributed by atoms with Crippen LogP contribution >= 0.6 is 0 Å². The molecule has 0 radical (unpaired) electrons. The van der Waals surface area contributed by atoms with Crippen molar-refractivity contribution in [2.24, 2.45) is 0 Å². The number of rotatable bonds is 2. The molecule has 1 aromatic carbocycles. The number of halogens is 1. The fourth-order valence-corrected chi connectivity index (χ4v) is 3.39. The molecular formula is C19H19FN4O. The number of aryl methyl sites for hydroxylation is 1. The van der Waals surface area contributed by atoms with Crippen LogP contribution in [0.15, 0.2) is 43.1 Å². The first-order valence-electron chi connectivity index (χ1n) is 8.44. The molecule has 3 heterocycles. The maximum atomic E-state index is 13.3. The van der Waals surface area contributed by atoms with E-state index in [1.54, 1.807) is 17.3 Å². The summed E-state index contributed by atoms with van der Waals surface area (Å²) in [5, 5.41) is 1.02. The Morgan fingerprint density at radius 3 is 2.64 bits per heavy atom. The van der Waals surface area contributed by atoms with Gasteiger partial charge in [-0.1, -0.05) is 0 Å². The minimum Gasteiger partial charge on any atom is -0.338 e. The number of piperidine rings is 1. The first-order valence-corrected chi connectivity index (χ1v) is 8.44. The minimum atomic E-state index is -0.782. The maximum absolute atomic E-state index is 13.3. The van der Waals surface area contributed by atoms with Crippen LogP contribution in [0.2, 0.25) is 0 Å². The van der Waals surface area contributed by atoms with Gasteiger partial charge in [0.05, 0.1) is 23.6 Å². The number of fused-ring (bicyclic) bond motifs is 1. The molecule has 1 fully saturated rings. The molecule has 0 N–H and O–H groups in total. The second-order valence-corrected chi connectivity index (χ2v) is 6.48. The van der Waals surface area contributed by atoms with E-state index >= 15 is 0 Å². The second-order valence-electron chi connectivity index (χ2n) is 6.48. The van der Waals surface area contributed by atoms with E-state index in [2.05, 4.69) is 9.97 Å². The third kappa shape index (κ3) is 2.88. The summed E-state index contributed by atoms with van der Waals surface area (Å²) in [7, 11) is 0. The summed E-state index contributed by atoms with van der Waals surface area (Å²) < 4.78 is 15.3. The summed E-state index contributed by atoms with van der Waals surface area (Å²) in [5.41, 5.74) is 3.61. The number of nitrogens with zero attached hydrogens (tertiary/aromatic N) is 4. The van der Waals surface area contributed by atoms with Gasteiger partial charge in [0.2, 0.25) is 0 Å². The summed E-state index contributed by atoms with van der Waals surface area (Å²) >= 11 is 0. The lowest BCUT2D eigenvalue weighted by atomic mass is 10.1. The molecule has 0 aliphatic carbocycles. The molecule has 1 aliphatic rings. The molecule has 6 heteroatoms. The van der Waals surface area contributed by atoms with Gasteiger partial charge >= 0.3 is 0 Å². The van der Waals surface area contributed by atoms with E-state index in [4.69, 9.17) is 0 Å². The standard InChI is InChI=1S/C19H19FN4O/c1-13-11-24(16-9-21-12-22-10-16)18-3-2-14(8-17(13)18)19(25)23-6-4-15(20)5-7-23/h2-3,8-12,15H,4-7H2,1H3. The van der Waals surface area contributed by atoms with E-state index < -0.39 is 6.17 Å². The van der Waals surface area contributed by atoms with Gasteiger partial charge in [0.15, 0.2) is 0 Å². The molecule has 4 rings (SSSR count). The van der Waals surface area contributed by atoms with E-state index in [9.17, 15) is 9.18 Å². The number of hydrogen-bond acceptors (Lipinski definition) is 3. The van der Waals surface area contributed by atoms with Crippen LogP contribution in [0.1, 0.15) is 28.8 Å². The molecule has 2 aromatic heterocycles. The molecule has 0 atom stereocenters. The number of amides is 1. The van der Waals surface area contributed by atoms with Crippen molar-refractivity contribution in [3.8, 4) is 5.69 Å². The van der Waals surface area contributed by atoms with E-state index in [-0.39, 0.29) is 5.91 Å². The van der Waals surface area contributed by atoms with Crippen molar-refractivity contribution in [1.29, 1.82) is 0 Å². The van der Waals surface area contributed by atoms with Crippen LogP contribution in [0, 0.1) is 6.92 Å². The van der Waals surface area contributed by atoms with Gasteiger partial charge in [0.1, 0.15) is 12.5 Å². The van der Waals surface area contributed by atoms with Crippen molar-refractivity contribution >= 4 is 16.8 Å². The molecule has 25 heavy (non-hydrogen) atoms. The van der Waals surface area contributed by atoms with Crippen molar-refractivity contribution < 1.29 is 9.18 Å². The smallest absolute Gasteiger partial charge is 0.253 e. The second kappa shape index (κ2) is 6.27. The van der Waals surface area contributed by atoms with Gasteiger partial charge in [0, 0.05) is 30.2 Å². The molecule has 128 valence electrons. The number of carbonyl (C=O) groups excluding carboxylic acids is 1. The number of aromatic nitrogens is 3. The lowest BCUT2D eigenvalue weighted by Gasteiger charge is -2.28. The fraction of sp³-hybridized carbons (Fsp3) is 0.316. The van der Waals surface area contributed by atoms with Crippen LogP contribution in [0.5, 0.6) is 0 Å². The van der Waals surface area contributed by atoms with Gasteiger partial charge in [-0.25, -0.2) is 14.4 Å². The van der Waals surface area contributed by atoms with Crippen molar-refractivity contribution in [2.45, 2.75) is 25.9 Å². The summed E-state index contributed by atoms with van der Waals surface area (Å²) in [4.78, 5) is 22.6. The Kier molecular flexibility index (Phi) is 3.95. The summed E-state index contributed by atoms with van der Waals surface area (Å²) in [6.45, 7) is 2.99. The van der Waals surface area contributed by atoms with Gasteiger partial charge in [-0.15, -0.1) is 0 Å². The lowest BCUT2D eigenvalue weighted by Crippen LogP contribution is -2.39. The quantitative estimate of drug-likeness (QED) is 0.720. The van der Waals surface area contributed by atoms with E-state index in [0.717, 1.165) is 22.2 Å². The van der Waals surface area contributed by atoms with Crippen molar-refractivity contribution in [2.75, 3.05) is 13.1 Å². The van der Waals surface area contributed by atoms with Crippen molar-refractivity contribution in [3.05, 3.63) is 54.2 Å². The van der Waals surface area contributed by atoms with Crippen molar-refractivity contribution in [1.82, 2.24) is 19.4 Å². The third-order valence-electron chi connectivity index (χ3n) is 4.79. The first-order chi connectivity index (χ1) is 12.1. The zero-order chi connectivity index (χ0) is 17.4. The first kappa shape index (κ1) is 15.7. The third-order valence-corrected chi connectivity index (χ3v) is 4.79. The monoisotopic (exact) mass is 338 g/mol.